The Kier molecular flexibility index (Phi) is 6.29. The standard InChI is InChI=1S/C18H17BrClNO3/c1-11-14(20)5-4-6-15(11)21-17(22)8-7-12-9-13(19)18(24-3)16(10-12)23-2/h4-10H,1-3H3,(H,21,22). The van der Waals surface area contributed by atoms with Crippen molar-refractivity contribution in [2.24, 2.45) is 0 Å². The van der Waals surface area contributed by atoms with Crippen LogP contribution in [0.4, 0.5) is 5.69 Å². The van der Waals surface area contributed by atoms with Gasteiger partial charge in [0.2, 0.25) is 5.91 Å². The second kappa shape index (κ2) is 8.22. The molecule has 0 spiro atoms. The van der Waals surface area contributed by atoms with Gasteiger partial charge in [0.25, 0.3) is 0 Å². The van der Waals surface area contributed by atoms with Crippen LogP contribution in [0, 0.1) is 6.92 Å². The fraction of sp³-hybridized carbons (Fsp3) is 0.167. The van der Waals surface area contributed by atoms with Crippen LogP contribution in [0.25, 0.3) is 6.08 Å². The van der Waals surface area contributed by atoms with E-state index in [2.05, 4.69) is 21.2 Å². The van der Waals surface area contributed by atoms with E-state index in [-0.39, 0.29) is 5.91 Å². The monoisotopic (exact) mass is 409 g/mol. The second-order valence-corrected chi connectivity index (χ2v) is 6.23. The molecule has 2 aromatic rings. The van der Waals surface area contributed by atoms with Gasteiger partial charge in [-0.2, -0.15) is 0 Å². The summed E-state index contributed by atoms with van der Waals surface area (Å²) in [7, 11) is 3.13. The molecule has 0 saturated carbocycles. The SMILES string of the molecule is COc1cc(C=CC(=O)Nc2cccc(Cl)c2C)cc(Br)c1OC. The molecule has 0 atom stereocenters. The Bertz CT molecular complexity index is 790. The highest BCUT2D eigenvalue weighted by Gasteiger charge is 2.10. The number of ether oxygens (including phenoxy) is 2. The third-order valence-electron chi connectivity index (χ3n) is 3.41. The summed E-state index contributed by atoms with van der Waals surface area (Å²) in [6.45, 7) is 1.85. The molecule has 0 unspecified atom stereocenters. The number of nitrogens with one attached hydrogen (secondary N) is 1. The highest BCUT2D eigenvalue weighted by molar-refractivity contribution is 9.10. The lowest BCUT2D eigenvalue weighted by Gasteiger charge is -2.10. The molecule has 0 heterocycles. The molecule has 0 radical (unpaired) electrons. The summed E-state index contributed by atoms with van der Waals surface area (Å²) < 4.78 is 11.3. The first-order chi connectivity index (χ1) is 11.5. The summed E-state index contributed by atoms with van der Waals surface area (Å²) in [5.41, 5.74) is 2.32. The maximum absolute atomic E-state index is 12.1. The summed E-state index contributed by atoms with van der Waals surface area (Å²) >= 11 is 9.47. The van der Waals surface area contributed by atoms with Crippen LogP contribution >= 0.6 is 27.5 Å². The van der Waals surface area contributed by atoms with Crippen molar-refractivity contribution in [1.29, 1.82) is 0 Å². The van der Waals surface area contributed by atoms with Gasteiger partial charge in [0.05, 0.1) is 18.7 Å². The maximum Gasteiger partial charge on any atom is 0.248 e. The Morgan fingerprint density at radius 3 is 2.67 bits per heavy atom. The van der Waals surface area contributed by atoms with Gasteiger partial charge in [0.1, 0.15) is 0 Å². The molecule has 0 aliphatic carbocycles. The number of anilines is 1. The van der Waals surface area contributed by atoms with Crippen LogP contribution < -0.4 is 14.8 Å². The number of hydrogen-bond acceptors (Lipinski definition) is 3. The first-order valence-corrected chi connectivity index (χ1v) is 8.29. The van der Waals surface area contributed by atoms with Crippen molar-refractivity contribution in [1.82, 2.24) is 0 Å². The normalized spacial score (nSPS) is 10.7. The van der Waals surface area contributed by atoms with Crippen molar-refractivity contribution in [3.8, 4) is 11.5 Å². The molecule has 24 heavy (non-hydrogen) atoms. The van der Waals surface area contributed by atoms with Crippen molar-refractivity contribution < 1.29 is 14.3 Å². The van der Waals surface area contributed by atoms with Crippen LogP contribution in [-0.2, 0) is 4.79 Å². The van der Waals surface area contributed by atoms with Crippen molar-refractivity contribution in [3.63, 3.8) is 0 Å². The lowest BCUT2D eigenvalue weighted by molar-refractivity contribution is -0.111. The van der Waals surface area contributed by atoms with Crippen LogP contribution in [0.15, 0.2) is 40.9 Å². The molecule has 0 aliphatic heterocycles. The van der Waals surface area contributed by atoms with Crippen LogP contribution in [0.5, 0.6) is 11.5 Å². The van der Waals surface area contributed by atoms with Crippen molar-refractivity contribution in [2.45, 2.75) is 6.92 Å². The molecule has 0 bridgehead atoms. The quantitative estimate of drug-likeness (QED) is 0.699. The first-order valence-electron chi connectivity index (χ1n) is 7.12. The van der Waals surface area contributed by atoms with Crippen LogP contribution in [0.3, 0.4) is 0 Å². The number of carbonyl (C=O) groups is 1. The molecule has 126 valence electrons. The molecular formula is C18H17BrClNO3. The molecule has 0 fully saturated rings. The zero-order chi connectivity index (χ0) is 17.7. The Morgan fingerprint density at radius 1 is 1.25 bits per heavy atom. The minimum atomic E-state index is -0.244. The fourth-order valence-corrected chi connectivity index (χ4v) is 2.92. The zero-order valence-corrected chi connectivity index (χ0v) is 15.9. The third-order valence-corrected chi connectivity index (χ3v) is 4.41. The molecule has 2 rings (SSSR count). The van der Waals surface area contributed by atoms with Gasteiger partial charge in [-0.3, -0.25) is 4.79 Å². The van der Waals surface area contributed by atoms with Gasteiger partial charge in [0, 0.05) is 16.8 Å². The Morgan fingerprint density at radius 2 is 2.00 bits per heavy atom. The number of rotatable bonds is 5. The zero-order valence-electron chi connectivity index (χ0n) is 13.5. The van der Waals surface area contributed by atoms with E-state index in [1.807, 2.05) is 13.0 Å². The predicted octanol–water partition coefficient (Wildman–Crippen LogP) is 5.08. The average molecular weight is 411 g/mol. The third kappa shape index (κ3) is 4.30. The minimum Gasteiger partial charge on any atom is -0.493 e. The van der Waals surface area contributed by atoms with Gasteiger partial charge in [-0.05, 0) is 64.3 Å². The van der Waals surface area contributed by atoms with E-state index in [9.17, 15) is 4.79 Å². The molecule has 4 nitrogen and oxygen atoms in total. The van der Waals surface area contributed by atoms with Crippen molar-refractivity contribution in [3.05, 3.63) is 57.0 Å². The van der Waals surface area contributed by atoms with E-state index in [4.69, 9.17) is 21.1 Å². The smallest absolute Gasteiger partial charge is 0.248 e. The number of halogens is 2. The van der Waals surface area contributed by atoms with E-state index in [0.29, 0.717) is 22.2 Å². The summed E-state index contributed by atoms with van der Waals surface area (Å²) in [4.78, 5) is 12.1. The molecule has 6 heteroatoms. The van der Waals surface area contributed by atoms with Crippen molar-refractivity contribution >= 4 is 45.2 Å². The van der Waals surface area contributed by atoms with Gasteiger partial charge in [-0.15, -0.1) is 0 Å². The topological polar surface area (TPSA) is 47.6 Å². The summed E-state index contributed by atoms with van der Waals surface area (Å²) in [5, 5.41) is 3.42. The van der Waals surface area contributed by atoms with Gasteiger partial charge in [0.15, 0.2) is 11.5 Å². The highest BCUT2D eigenvalue weighted by Crippen LogP contribution is 2.36. The lowest BCUT2D eigenvalue weighted by Crippen LogP contribution is -2.09. The molecule has 0 saturated heterocycles. The molecular weight excluding hydrogens is 394 g/mol. The lowest BCUT2D eigenvalue weighted by atomic mass is 10.1. The minimum absolute atomic E-state index is 0.244. The fourth-order valence-electron chi connectivity index (χ4n) is 2.12. The number of carbonyl (C=O) groups excluding carboxylic acids is 1. The number of hydrogen-bond donors (Lipinski definition) is 1. The van der Waals surface area contributed by atoms with Crippen LogP contribution in [0.2, 0.25) is 5.02 Å². The van der Waals surface area contributed by atoms with E-state index in [1.165, 1.54) is 6.08 Å². The van der Waals surface area contributed by atoms with Crippen molar-refractivity contribution in [2.75, 3.05) is 19.5 Å². The Balaban J connectivity index is 2.17. The summed E-state index contributed by atoms with van der Waals surface area (Å²) in [6.07, 6.45) is 3.15. The molecule has 0 aliphatic rings. The van der Waals surface area contributed by atoms with E-state index in [0.717, 1.165) is 15.6 Å². The second-order valence-electron chi connectivity index (χ2n) is 4.97. The van der Waals surface area contributed by atoms with Crippen LogP contribution in [0.1, 0.15) is 11.1 Å². The van der Waals surface area contributed by atoms with E-state index in [1.54, 1.807) is 44.6 Å². The maximum atomic E-state index is 12.1. The van der Waals surface area contributed by atoms with Crippen LogP contribution in [-0.4, -0.2) is 20.1 Å². The molecule has 0 aromatic heterocycles. The Hall–Kier alpha value is -1.98. The van der Waals surface area contributed by atoms with Gasteiger partial charge in [-0.25, -0.2) is 0 Å². The van der Waals surface area contributed by atoms with E-state index >= 15 is 0 Å². The van der Waals surface area contributed by atoms with E-state index < -0.39 is 0 Å². The molecule has 2 aromatic carbocycles. The predicted molar refractivity (Wildman–Crippen MR) is 101 cm³/mol. The van der Waals surface area contributed by atoms with Gasteiger partial charge in [-0.1, -0.05) is 17.7 Å². The van der Waals surface area contributed by atoms with Gasteiger partial charge < -0.3 is 14.8 Å². The molecule has 1 amide bonds. The largest absolute Gasteiger partial charge is 0.493 e. The number of methoxy groups -OCH3 is 2. The summed E-state index contributed by atoms with van der Waals surface area (Å²) in [5.74, 6) is 0.942. The summed E-state index contributed by atoms with van der Waals surface area (Å²) in [6, 6.07) is 9.01. The van der Waals surface area contributed by atoms with Gasteiger partial charge >= 0.3 is 0 Å². The number of amides is 1. The average Bonchev–Trinajstić information content (AvgIpc) is 2.56. The first kappa shape index (κ1) is 18.4. The molecule has 1 N–H and O–H groups in total. The Labute approximate surface area is 154 Å². The highest BCUT2D eigenvalue weighted by atomic mass is 79.9. The number of benzene rings is 2.